The van der Waals surface area contributed by atoms with Gasteiger partial charge in [-0.25, -0.2) is 0 Å². The van der Waals surface area contributed by atoms with Crippen LogP contribution in [0.15, 0.2) is 48.5 Å². The van der Waals surface area contributed by atoms with Crippen molar-refractivity contribution >= 4 is 11.6 Å². The molecule has 0 bridgehead atoms. The lowest BCUT2D eigenvalue weighted by molar-refractivity contribution is 0.102. The zero-order valence-electron chi connectivity index (χ0n) is 11.2. The van der Waals surface area contributed by atoms with Gasteiger partial charge in [0.1, 0.15) is 0 Å². The maximum atomic E-state index is 12.1. The predicted molar refractivity (Wildman–Crippen MR) is 78.3 cm³/mol. The Morgan fingerprint density at radius 1 is 1.11 bits per heavy atom. The molecule has 0 atom stereocenters. The molecule has 3 nitrogen and oxygen atoms in total. The number of aryl methyl sites for hydroxylation is 1. The van der Waals surface area contributed by atoms with E-state index in [0.717, 1.165) is 23.4 Å². The number of benzene rings is 2. The Hall–Kier alpha value is -2.13. The van der Waals surface area contributed by atoms with Gasteiger partial charge in [0.2, 0.25) is 0 Å². The van der Waals surface area contributed by atoms with E-state index in [9.17, 15) is 4.79 Å². The summed E-state index contributed by atoms with van der Waals surface area (Å²) in [6, 6.07) is 15.4. The monoisotopic (exact) mass is 254 g/mol. The van der Waals surface area contributed by atoms with Crippen LogP contribution in [0.2, 0.25) is 0 Å². The molecular formula is C16H18N2O. The van der Waals surface area contributed by atoms with E-state index in [0.29, 0.717) is 5.56 Å². The maximum Gasteiger partial charge on any atom is 0.255 e. The molecule has 0 spiro atoms. The second-order valence-electron chi connectivity index (χ2n) is 4.55. The largest absolute Gasteiger partial charge is 0.322 e. The average molecular weight is 254 g/mol. The second kappa shape index (κ2) is 6.16. The number of nitrogens with one attached hydrogen (secondary N) is 2. The molecule has 2 aromatic rings. The summed E-state index contributed by atoms with van der Waals surface area (Å²) in [7, 11) is 1.90. The summed E-state index contributed by atoms with van der Waals surface area (Å²) in [6.07, 6.45) is 0. The Morgan fingerprint density at radius 3 is 2.63 bits per heavy atom. The first-order valence-corrected chi connectivity index (χ1v) is 6.30. The van der Waals surface area contributed by atoms with Crippen LogP contribution in [-0.2, 0) is 6.54 Å². The first-order chi connectivity index (χ1) is 9.19. The lowest BCUT2D eigenvalue weighted by atomic mass is 10.1. The molecule has 19 heavy (non-hydrogen) atoms. The van der Waals surface area contributed by atoms with E-state index < -0.39 is 0 Å². The second-order valence-corrected chi connectivity index (χ2v) is 4.55. The highest BCUT2D eigenvalue weighted by atomic mass is 16.1. The fourth-order valence-electron chi connectivity index (χ4n) is 1.95. The fraction of sp³-hybridized carbons (Fsp3) is 0.188. The molecule has 0 unspecified atom stereocenters. The minimum absolute atomic E-state index is 0.0784. The molecule has 0 aromatic heterocycles. The van der Waals surface area contributed by atoms with E-state index in [1.54, 1.807) is 0 Å². The molecule has 98 valence electrons. The van der Waals surface area contributed by atoms with E-state index in [1.165, 1.54) is 0 Å². The van der Waals surface area contributed by atoms with E-state index in [2.05, 4.69) is 10.6 Å². The highest BCUT2D eigenvalue weighted by Crippen LogP contribution is 2.13. The predicted octanol–water partition coefficient (Wildman–Crippen LogP) is 2.97. The zero-order valence-corrected chi connectivity index (χ0v) is 11.2. The van der Waals surface area contributed by atoms with Gasteiger partial charge in [0.15, 0.2) is 0 Å². The number of anilines is 1. The SMILES string of the molecule is CNCc1cccc(NC(=O)c2cccc(C)c2)c1. The van der Waals surface area contributed by atoms with Crippen molar-refractivity contribution in [3.8, 4) is 0 Å². The molecule has 0 aliphatic heterocycles. The third-order valence-corrected chi connectivity index (χ3v) is 2.85. The van der Waals surface area contributed by atoms with Crippen LogP contribution >= 0.6 is 0 Å². The molecule has 0 aliphatic rings. The van der Waals surface area contributed by atoms with Crippen LogP contribution < -0.4 is 10.6 Å². The van der Waals surface area contributed by atoms with Gasteiger partial charge in [0.05, 0.1) is 0 Å². The van der Waals surface area contributed by atoms with Crippen LogP contribution in [0.4, 0.5) is 5.69 Å². The topological polar surface area (TPSA) is 41.1 Å². The van der Waals surface area contributed by atoms with E-state index in [4.69, 9.17) is 0 Å². The summed E-state index contributed by atoms with van der Waals surface area (Å²) in [5.41, 5.74) is 3.72. The van der Waals surface area contributed by atoms with Crippen LogP contribution in [0, 0.1) is 6.92 Å². The number of carbonyl (C=O) groups is 1. The van der Waals surface area contributed by atoms with E-state index in [1.807, 2.05) is 62.5 Å². The maximum absolute atomic E-state index is 12.1. The summed E-state index contributed by atoms with van der Waals surface area (Å²) in [4.78, 5) is 12.1. The molecular weight excluding hydrogens is 236 g/mol. The minimum Gasteiger partial charge on any atom is -0.322 e. The minimum atomic E-state index is -0.0784. The molecule has 0 heterocycles. The zero-order chi connectivity index (χ0) is 13.7. The summed E-state index contributed by atoms with van der Waals surface area (Å²) < 4.78 is 0. The number of hydrogen-bond donors (Lipinski definition) is 2. The summed E-state index contributed by atoms with van der Waals surface area (Å²) in [5.74, 6) is -0.0784. The first-order valence-electron chi connectivity index (χ1n) is 6.30. The lowest BCUT2D eigenvalue weighted by Crippen LogP contribution is -2.12. The van der Waals surface area contributed by atoms with Crippen molar-refractivity contribution in [2.75, 3.05) is 12.4 Å². The Labute approximate surface area is 113 Å². The average Bonchev–Trinajstić information content (AvgIpc) is 2.39. The smallest absolute Gasteiger partial charge is 0.255 e. The van der Waals surface area contributed by atoms with E-state index >= 15 is 0 Å². The van der Waals surface area contributed by atoms with Gasteiger partial charge >= 0.3 is 0 Å². The van der Waals surface area contributed by atoms with Gasteiger partial charge in [-0.1, -0.05) is 29.8 Å². The van der Waals surface area contributed by atoms with Crippen molar-refractivity contribution in [3.63, 3.8) is 0 Å². The van der Waals surface area contributed by atoms with Gasteiger partial charge in [-0.2, -0.15) is 0 Å². The van der Waals surface area contributed by atoms with Gasteiger partial charge in [-0.15, -0.1) is 0 Å². The molecule has 0 saturated heterocycles. The highest BCUT2D eigenvalue weighted by molar-refractivity contribution is 6.04. The van der Waals surface area contributed by atoms with Crippen LogP contribution in [0.1, 0.15) is 21.5 Å². The third kappa shape index (κ3) is 3.66. The van der Waals surface area contributed by atoms with Gasteiger partial charge in [0, 0.05) is 17.8 Å². The Balaban J connectivity index is 2.12. The number of rotatable bonds is 4. The molecule has 2 aromatic carbocycles. The quantitative estimate of drug-likeness (QED) is 0.880. The van der Waals surface area contributed by atoms with Gasteiger partial charge in [-0.05, 0) is 43.8 Å². The summed E-state index contributed by atoms with van der Waals surface area (Å²) in [6.45, 7) is 2.76. The van der Waals surface area contributed by atoms with Crippen LogP contribution in [-0.4, -0.2) is 13.0 Å². The first kappa shape index (κ1) is 13.3. The van der Waals surface area contributed by atoms with Crippen molar-refractivity contribution in [1.29, 1.82) is 0 Å². The van der Waals surface area contributed by atoms with Crippen LogP contribution in [0.3, 0.4) is 0 Å². The molecule has 0 saturated carbocycles. The molecule has 0 aliphatic carbocycles. The summed E-state index contributed by atoms with van der Waals surface area (Å²) >= 11 is 0. The van der Waals surface area contributed by atoms with Crippen LogP contribution in [0.25, 0.3) is 0 Å². The van der Waals surface area contributed by atoms with Gasteiger partial charge in [-0.3, -0.25) is 4.79 Å². The van der Waals surface area contributed by atoms with Crippen molar-refractivity contribution in [2.24, 2.45) is 0 Å². The number of hydrogen-bond acceptors (Lipinski definition) is 2. The number of amides is 1. The van der Waals surface area contributed by atoms with E-state index in [-0.39, 0.29) is 5.91 Å². The summed E-state index contributed by atoms with van der Waals surface area (Å²) in [5, 5.41) is 6.01. The molecule has 3 heteroatoms. The lowest BCUT2D eigenvalue weighted by Gasteiger charge is -2.08. The van der Waals surface area contributed by atoms with Crippen LogP contribution in [0.5, 0.6) is 0 Å². The molecule has 0 radical (unpaired) electrons. The normalized spacial score (nSPS) is 10.2. The van der Waals surface area contributed by atoms with Crippen molar-refractivity contribution in [3.05, 3.63) is 65.2 Å². The number of carbonyl (C=O) groups excluding carboxylic acids is 1. The Kier molecular flexibility index (Phi) is 4.31. The molecule has 1 amide bonds. The van der Waals surface area contributed by atoms with Crippen molar-refractivity contribution in [1.82, 2.24) is 5.32 Å². The van der Waals surface area contributed by atoms with Gasteiger partial charge < -0.3 is 10.6 Å². The van der Waals surface area contributed by atoms with Gasteiger partial charge in [0.25, 0.3) is 5.91 Å². The molecule has 2 rings (SSSR count). The fourth-order valence-corrected chi connectivity index (χ4v) is 1.95. The standard InChI is InChI=1S/C16H18N2O/c1-12-5-3-7-14(9-12)16(19)18-15-8-4-6-13(10-15)11-17-2/h3-10,17H,11H2,1-2H3,(H,18,19). The molecule has 0 fully saturated rings. The third-order valence-electron chi connectivity index (χ3n) is 2.85. The Bertz CT molecular complexity index is 578. The highest BCUT2D eigenvalue weighted by Gasteiger charge is 2.06. The van der Waals surface area contributed by atoms with Crippen molar-refractivity contribution in [2.45, 2.75) is 13.5 Å². The van der Waals surface area contributed by atoms with Crippen molar-refractivity contribution < 1.29 is 4.79 Å². The molecule has 2 N–H and O–H groups in total. The Morgan fingerprint density at radius 2 is 1.89 bits per heavy atom.